The van der Waals surface area contributed by atoms with Crippen molar-refractivity contribution in [1.29, 1.82) is 0 Å². The first-order chi connectivity index (χ1) is 7.06. The van der Waals surface area contributed by atoms with Gasteiger partial charge in [0.2, 0.25) is 0 Å². The summed E-state index contributed by atoms with van der Waals surface area (Å²) in [7, 11) is 0. The summed E-state index contributed by atoms with van der Waals surface area (Å²) in [6, 6.07) is 6.66. The van der Waals surface area contributed by atoms with Crippen LogP contribution in [0.25, 0.3) is 0 Å². The number of hydrogen-bond donors (Lipinski definition) is 3. The fraction of sp³-hybridized carbons (Fsp3) is 0.364. The van der Waals surface area contributed by atoms with E-state index in [-0.39, 0.29) is 0 Å². The summed E-state index contributed by atoms with van der Waals surface area (Å²) in [6.07, 6.45) is 1.30. The molecule has 1 atom stereocenters. The van der Waals surface area contributed by atoms with Crippen molar-refractivity contribution < 1.29 is 9.90 Å². The lowest BCUT2D eigenvalue weighted by Gasteiger charge is -2.19. The zero-order chi connectivity index (χ0) is 11.1. The summed E-state index contributed by atoms with van der Waals surface area (Å²) in [5.74, 6) is -0.808. The Balaban J connectivity index is 2.29. The van der Waals surface area contributed by atoms with E-state index in [9.17, 15) is 4.79 Å². The van der Waals surface area contributed by atoms with Crippen molar-refractivity contribution in [2.75, 3.05) is 5.73 Å². The number of benzene rings is 1. The van der Waals surface area contributed by atoms with Crippen molar-refractivity contribution in [2.24, 2.45) is 11.1 Å². The highest BCUT2D eigenvalue weighted by molar-refractivity contribution is 5.79. The van der Waals surface area contributed by atoms with Crippen molar-refractivity contribution in [3.63, 3.8) is 0 Å². The van der Waals surface area contributed by atoms with Crippen molar-refractivity contribution in [1.82, 2.24) is 0 Å². The Kier molecular flexibility index (Phi) is 2.16. The Morgan fingerprint density at radius 3 is 2.60 bits per heavy atom. The summed E-state index contributed by atoms with van der Waals surface area (Å²) in [4.78, 5) is 11.1. The third kappa shape index (κ3) is 1.57. The largest absolute Gasteiger partial charge is 0.481 e. The predicted octanol–water partition coefficient (Wildman–Crippen LogP) is 1.13. The maximum atomic E-state index is 11.1. The summed E-state index contributed by atoms with van der Waals surface area (Å²) in [5, 5.41) is 9.09. The van der Waals surface area contributed by atoms with Crippen molar-refractivity contribution in [3.8, 4) is 0 Å². The second-order valence-corrected chi connectivity index (χ2v) is 4.11. The number of nitrogen functional groups attached to an aromatic ring is 1. The van der Waals surface area contributed by atoms with Crippen molar-refractivity contribution in [3.05, 3.63) is 29.8 Å². The Morgan fingerprint density at radius 1 is 1.47 bits per heavy atom. The average molecular weight is 206 g/mol. The summed E-state index contributed by atoms with van der Waals surface area (Å²) >= 11 is 0. The number of carboxylic acids is 1. The van der Waals surface area contributed by atoms with Gasteiger partial charge in [0.15, 0.2) is 0 Å². The lowest BCUT2D eigenvalue weighted by atomic mass is 9.91. The molecule has 1 aliphatic carbocycles. The SMILES string of the molecule is Nc1cccc(C(N)C2(C(=O)O)CC2)c1. The van der Waals surface area contributed by atoms with E-state index in [0.717, 1.165) is 5.56 Å². The summed E-state index contributed by atoms with van der Waals surface area (Å²) < 4.78 is 0. The molecule has 1 aromatic carbocycles. The van der Waals surface area contributed by atoms with Gasteiger partial charge in [0, 0.05) is 11.7 Å². The Labute approximate surface area is 87.9 Å². The standard InChI is InChI=1S/C11H14N2O2/c12-8-3-1-2-7(6-8)9(13)11(4-5-11)10(14)15/h1-3,6,9H,4-5,12-13H2,(H,14,15). The molecule has 1 aromatic rings. The molecule has 1 fully saturated rings. The minimum absolute atomic E-state index is 0.460. The Bertz CT molecular complexity index is 399. The molecular formula is C11H14N2O2. The van der Waals surface area contributed by atoms with Crippen LogP contribution in [0, 0.1) is 5.41 Å². The highest BCUT2D eigenvalue weighted by Gasteiger charge is 2.55. The molecule has 0 aromatic heterocycles. The van der Waals surface area contributed by atoms with Crippen LogP contribution in [0.5, 0.6) is 0 Å². The van der Waals surface area contributed by atoms with E-state index in [0.29, 0.717) is 18.5 Å². The van der Waals surface area contributed by atoms with E-state index in [1.54, 1.807) is 18.2 Å². The summed E-state index contributed by atoms with van der Waals surface area (Å²) in [6.45, 7) is 0. The first-order valence-corrected chi connectivity index (χ1v) is 4.91. The number of carbonyl (C=O) groups is 1. The van der Waals surface area contributed by atoms with E-state index >= 15 is 0 Å². The third-order valence-corrected chi connectivity index (χ3v) is 3.08. The third-order valence-electron chi connectivity index (χ3n) is 3.08. The van der Waals surface area contributed by atoms with Gasteiger partial charge < -0.3 is 16.6 Å². The quantitative estimate of drug-likeness (QED) is 0.647. The van der Waals surface area contributed by atoms with Crippen LogP contribution in [0.3, 0.4) is 0 Å². The zero-order valence-corrected chi connectivity index (χ0v) is 8.31. The predicted molar refractivity (Wildman–Crippen MR) is 57.1 cm³/mol. The Hall–Kier alpha value is -1.55. The van der Waals surface area contributed by atoms with Crippen LogP contribution < -0.4 is 11.5 Å². The summed E-state index contributed by atoms with van der Waals surface area (Å²) in [5.41, 5.74) is 12.3. The number of nitrogens with two attached hydrogens (primary N) is 2. The molecule has 0 amide bonds. The molecule has 5 N–H and O–H groups in total. The first kappa shape index (κ1) is 9.98. The van der Waals surface area contributed by atoms with E-state index in [4.69, 9.17) is 16.6 Å². The van der Waals surface area contributed by atoms with Crippen LogP contribution in [0.1, 0.15) is 24.4 Å². The second-order valence-electron chi connectivity index (χ2n) is 4.11. The normalized spacial score (nSPS) is 19.5. The van der Waals surface area contributed by atoms with Crippen molar-refractivity contribution >= 4 is 11.7 Å². The highest BCUT2D eigenvalue weighted by atomic mass is 16.4. The van der Waals surface area contributed by atoms with Gasteiger partial charge in [-0.2, -0.15) is 0 Å². The molecule has 0 heterocycles. The van der Waals surface area contributed by atoms with E-state index in [2.05, 4.69) is 0 Å². The number of hydrogen-bond acceptors (Lipinski definition) is 3. The first-order valence-electron chi connectivity index (χ1n) is 4.91. The van der Waals surface area contributed by atoms with Crippen LogP contribution in [0.15, 0.2) is 24.3 Å². The second kappa shape index (κ2) is 3.24. The van der Waals surface area contributed by atoms with Gasteiger partial charge in [-0.15, -0.1) is 0 Å². The fourth-order valence-corrected chi connectivity index (χ4v) is 1.86. The molecule has 4 nitrogen and oxygen atoms in total. The van der Waals surface area contributed by atoms with Gasteiger partial charge in [0.05, 0.1) is 5.41 Å². The molecule has 1 saturated carbocycles. The lowest BCUT2D eigenvalue weighted by molar-refractivity contribution is -0.144. The van der Waals surface area contributed by atoms with E-state index in [1.165, 1.54) is 0 Å². The molecule has 15 heavy (non-hydrogen) atoms. The van der Waals surface area contributed by atoms with Crippen LogP contribution in [0.4, 0.5) is 5.69 Å². The van der Waals surface area contributed by atoms with Crippen LogP contribution in [-0.2, 0) is 4.79 Å². The Morgan fingerprint density at radius 2 is 2.13 bits per heavy atom. The minimum atomic E-state index is -0.808. The lowest BCUT2D eigenvalue weighted by Crippen LogP contribution is -2.29. The number of aliphatic carboxylic acids is 1. The van der Waals surface area contributed by atoms with Crippen LogP contribution in [0.2, 0.25) is 0 Å². The molecule has 0 saturated heterocycles. The highest BCUT2D eigenvalue weighted by Crippen LogP contribution is 2.54. The minimum Gasteiger partial charge on any atom is -0.481 e. The van der Waals surface area contributed by atoms with Crippen molar-refractivity contribution in [2.45, 2.75) is 18.9 Å². The van der Waals surface area contributed by atoms with Gasteiger partial charge in [-0.25, -0.2) is 0 Å². The van der Waals surface area contributed by atoms with Gasteiger partial charge in [-0.3, -0.25) is 4.79 Å². The molecule has 0 radical (unpaired) electrons. The van der Waals surface area contributed by atoms with Crippen LogP contribution in [-0.4, -0.2) is 11.1 Å². The van der Waals surface area contributed by atoms with E-state index < -0.39 is 17.4 Å². The molecule has 4 heteroatoms. The molecular weight excluding hydrogens is 192 g/mol. The number of anilines is 1. The van der Waals surface area contributed by atoms with Gasteiger partial charge >= 0.3 is 5.97 Å². The maximum absolute atomic E-state index is 11.1. The molecule has 0 spiro atoms. The number of carboxylic acid groups (broad SMARTS) is 1. The smallest absolute Gasteiger partial charge is 0.311 e. The monoisotopic (exact) mass is 206 g/mol. The van der Waals surface area contributed by atoms with Crippen LogP contribution >= 0.6 is 0 Å². The average Bonchev–Trinajstić information content (AvgIpc) is 2.97. The van der Waals surface area contributed by atoms with Gasteiger partial charge in [0.25, 0.3) is 0 Å². The molecule has 0 aliphatic heterocycles. The molecule has 0 bridgehead atoms. The topological polar surface area (TPSA) is 89.3 Å². The zero-order valence-electron chi connectivity index (χ0n) is 8.31. The van der Waals surface area contributed by atoms with E-state index in [1.807, 2.05) is 6.07 Å². The molecule has 2 rings (SSSR count). The number of rotatable bonds is 3. The maximum Gasteiger partial charge on any atom is 0.311 e. The molecule has 1 unspecified atom stereocenters. The molecule has 1 aliphatic rings. The van der Waals surface area contributed by atoms with Gasteiger partial charge in [-0.1, -0.05) is 12.1 Å². The van der Waals surface area contributed by atoms with Gasteiger partial charge in [-0.05, 0) is 30.5 Å². The fourth-order valence-electron chi connectivity index (χ4n) is 1.86. The van der Waals surface area contributed by atoms with Gasteiger partial charge in [0.1, 0.15) is 0 Å². The molecule has 80 valence electrons.